The summed E-state index contributed by atoms with van der Waals surface area (Å²) < 4.78 is 12.9. The molecule has 4 rings (SSSR count). The zero-order valence-electron chi connectivity index (χ0n) is 15.0. The SMILES string of the molecule is O=C(C=Cc1cc(Cl)c2c(c1)OCCO2)Nc1ccc(Cn2cccn2)cc1. The highest BCUT2D eigenvalue weighted by Crippen LogP contribution is 2.38. The molecule has 6 nitrogen and oxygen atoms in total. The molecule has 1 amide bonds. The Morgan fingerprint density at radius 2 is 2.04 bits per heavy atom. The fraction of sp³-hybridized carbons (Fsp3) is 0.143. The average Bonchev–Trinajstić information content (AvgIpc) is 3.21. The van der Waals surface area contributed by atoms with Crippen LogP contribution < -0.4 is 14.8 Å². The molecule has 1 aliphatic heterocycles. The Labute approximate surface area is 167 Å². The van der Waals surface area contributed by atoms with Crippen LogP contribution in [0.2, 0.25) is 5.02 Å². The Morgan fingerprint density at radius 1 is 1.21 bits per heavy atom. The largest absolute Gasteiger partial charge is 0.486 e. The minimum absolute atomic E-state index is 0.231. The first-order valence-electron chi connectivity index (χ1n) is 8.82. The van der Waals surface area contributed by atoms with E-state index in [1.165, 1.54) is 6.08 Å². The van der Waals surface area contributed by atoms with Crippen LogP contribution >= 0.6 is 11.6 Å². The Bertz CT molecular complexity index is 998. The molecular weight excluding hydrogens is 378 g/mol. The fourth-order valence-corrected chi connectivity index (χ4v) is 3.13. The van der Waals surface area contributed by atoms with Crippen LogP contribution in [0.4, 0.5) is 5.69 Å². The molecule has 7 heteroatoms. The van der Waals surface area contributed by atoms with Gasteiger partial charge in [0.2, 0.25) is 5.91 Å². The summed E-state index contributed by atoms with van der Waals surface area (Å²) in [6, 6.07) is 13.1. The molecule has 1 aliphatic rings. The highest BCUT2D eigenvalue weighted by molar-refractivity contribution is 6.32. The second kappa shape index (κ2) is 8.19. The Morgan fingerprint density at radius 3 is 2.82 bits per heavy atom. The third-order valence-electron chi connectivity index (χ3n) is 4.17. The van der Waals surface area contributed by atoms with E-state index in [9.17, 15) is 4.79 Å². The lowest BCUT2D eigenvalue weighted by atomic mass is 10.1. The highest BCUT2D eigenvalue weighted by atomic mass is 35.5. The van der Waals surface area contributed by atoms with Crippen molar-refractivity contribution in [2.24, 2.45) is 0 Å². The monoisotopic (exact) mass is 395 g/mol. The van der Waals surface area contributed by atoms with E-state index in [1.54, 1.807) is 24.4 Å². The lowest BCUT2D eigenvalue weighted by molar-refractivity contribution is -0.111. The number of rotatable bonds is 5. The number of ether oxygens (including phenoxy) is 2. The van der Waals surface area contributed by atoms with Crippen LogP contribution in [-0.2, 0) is 11.3 Å². The number of benzene rings is 2. The maximum absolute atomic E-state index is 12.2. The van der Waals surface area contributed by atoms with E-state index in [0.717, 1.165) is 16.8 Å². The van der Waals surface area contributed by atoms with Crippen LogP contribution in [0.25, 0.3) is 6.08 Å². The Hall–Kier alpha value is -3.25. The van der Waals surface area contributed by atoms with Crippen molar-refractivity contribution in [2.75, 3.05) is 18.5 Å². The van der Waals surface area contributed by atoms with E-state index in [-0.39, 0.29) is 5.91 Å². The number of anilines is 1. The first-order chi connectivity index (χ1) is 13.7. The number of aromatic nitrogens is 2. The van der Waals surface area contributed by atoms with Gasteiger partial charge < -0.3 is 14.8 Å². The Kier molecular flexibility index (Phi) is 5.30. The first-order valence-corrected chi connectivity index (χ1v) is 9.20. The molecule has 1 N–H and O–H groups in total. The number of carbonyl (C=O) groups is 1. The summed E-state index contributed by atoms with van der Waals surface area (Å²) in [5.41, 5.74) is 2.58. The molecule has 0 fully saturated rings. The third kappa shape index (κ3) is 4.35. The van der Waals surface area contributed by atoms with Crippen LogP contribution in [0, 0.1) is 0 Å². The molecular formula is C21H18ClN3O3. The van der Waals surface area contributed by atoms with Gasteiger partial charge in [0.1, 0.15) is 13.2 Å². The van der Waals surface area contributed by atoms with Crippen molar-refractivity contribution in [3.05, 3.63) is 77.1 Å². The summed E-state index contributed by atoms with van der Waals surface area (Å²) in [5.74, 6) is 0.905. The molecule has 0 unspecified atom stereocenters. The molecule has 0 atom stereocenters. The maximum Gasteiger partial charge on any atom is 0.248 e. The van der Waals surface area contributed by atoms with Crippen molar-refractivity contribution in [1.82, 2.24) is 9.78 Å². The molecule has 2 aromatic carbocycles. The lowest BCUT2D eigenvalue weighted by Gasteiger charge is -2.19. The van der Waals surface area contributed by atoms with Crippen LogP contribution in [0.3, 0.4) is 0 Å². The molecule has 0 saturated carbocycles. The van der Waals surface area contributed by atoms with E-state index in [1.807, 2.05) is 41.2 Å². The van der Waals surface area contributed by atoms with Gasteiger partial charge in [-0.3, -0.25) is 9.48 Å². The normalized spacial score (nSPS) is 12.9. The van der Waals surface area contributed by atoms with E-state index < -0.39 is 0 Å². The van der Waals surface area contributed by atoms with Gasteiger partial charge in [0.15, 0.2) is 11.5 Å². The van der Waals surface area contributed by atoms with Gasteiger partial charge in [-0.1, -0.05) is 23.7 Å². The topological polar surface area (TPSA) is 65.4 Å². The van der Waals surface area contributed by atoms with Crippen molar-refractivity contribution in [1.29, 1.82) is 0 Å². The zero-order valence-corrected chi connectivity index (χ0v) is 15.7. The second-order valence-corrected chi connectivity index (χ2v) is 6.66. The van der Waals surface area contributed by atoms with Crippen LogP contribution in [-0.4, -0.2) is 28.9 Å². The minimum Gasteiger partial charge on any atom is -0.486 e. The quantitative estimate of drug-likeness (QED) is 0.663. The number of hydrogen-bond acceptors (Lipinski definition) is 4. The third-order valence-corrected chi connectivity index (χ3v) is 4.45. The van der Waals surface area contributed by atoms with Gasteiger partial charge in [0.25, 0.3) is 0 Å². The molecule has 2 heterocycles. The van der Waals surface area contributed by atoms with E-state index in [2.05, 4.69) is 10.4 Å². The van der Waals surface area contributed by atoms with Crippen molar-refractivity contribution in [3.8, 4) is 11.5 Å². The molecule has 1 aromatic heterocycles. The highest BCUT2D eigenvalue weighted by Gasteiger charge is 2.15. The summed E-state index contributed by atoms with van der Waals surface area (Å²) >= 11 is 6.21. The number of fused-ring (bicyclic) bond motifs is 1. The molecule has 0 bridgehead atoms. The smallest absolute Gasteiger partial charge is 0.248 e. The minimum atomic E-state index is -0.231. The van der Waals surface area contributed by atoms with Gasteiger partial charge in [0, 0.05) is 24.2 Å². The summed E-state index contributed by atoms with van der Waals surface area (Å²) in [6.45, 7) is 1.64. The molecule has 0 saturated heterocycles. The van der Waals surface area contributed by atoms with E-state index >= 15 is 0 Å². The number of amides is 1. The molecule has 0 radical (unpaired) electrons. The van der Waals surface area contributed by atoms with Crippen molar-refractivity contribution in [2.45, 2.75) is 6.54 Å². The predicted octanol–water partition coefficient (Wildman–Crippen LogP) is 4.01. The number of halogens is 1. The standard InChI is InChI=1S/C21H18ClN3O3/c22-18-12-16(13-19-21(18)28-11-10-27-19)4-7-20(26)24-17-5-2-15(3-6-17)14-25-9-1-8-23-25/h1-9,12-13H,10-11,14H2,(H,24,26). The molecule has 0 spiro atoms. The second-order valence-electron chi connectivity index (χ2n) is 6.25. The van der Waals surface area contributed by atoms with Crippen LogP contribution in [0.15, 0.2) is 60.9 Å². The van der Waals surface area contributed by atoms with Crippen LogP contribution in [0.1, 0.15) is 11.1 Å². The Balaban J connectivity index is 1.38. The number of nitrogens with one attached hydrogen (secondary N) is 1. The van der Waals surface area contributed by atoms with E-state index in [0.29, 0.717) is 36.3 Å². The summed E-state index contributed by atoms with van der Waals surface area (Å²) in [5, 5.41) is 7.48. The van der Waals surface area contributed by atoms with Gasteiger partial charge in [-0.05, 0) is 47.5 Å². The van der Waals surface area contributed by atoms with Gasteiger partial charge in [-0.15, -0.1) is 0 Å². The average molecular weight is 396 g/mol. The summed E-state index contributed by atoms with van der Waals surface area (Å²) in [7, 11) is 0. The van der Waals surface area contributed by atoms with E-state index in [4.69, 9.17) is 21.1 Å². The van der Waals surface area contributed by atoms with Gasteiger partial charge >= 0.3 is 0 Å². The van der Waals surface area contributed by atoms with Gasteiger partial charge in [-0.25, -0.2) is 0 Å². The molecule has 142 valence electrons. The van der Waals surface area contributed by atoms with Crippen molar-refractivity contribution >= 4 is 29.3 Å². The predicted molar refractivity (Wildman–Crippen MR) is 108 cm³/mol. The molecule has 3 aromatic rings. The van der Waals surface area contributed by atoms with Crippen molar-refractivity contribution in [3.63, 3.8) is 0 Å². The fourth-order valence-electron chi connectivity index (χ4n) is 2.86. The zero-order chi connectivity index (χ0) is 19.3. The molecule has 0 aliphatic carbocycles. The number of carbonyl (C=O) groups excluding carboxylic acids is 1. The lowest BCUT2D eigenvalue weighted by Crippen LogP contribution is -2.15. The maximum atomic E-state index is 12.2. The molecule has 28 heavy (non-hydrogen) atoms. The van der Waals surface area contributed by atoms with Gasteiger partial charge in [0.05, 0.1) is 11.6 Å². The number of hydrogen-bond donors (Lipinski definition) is 1. The summed E-state index contributed by atoms with van der Waals surface area (Å²) in [6.07, 6.45) is 6.80. The van der Waals surface area contributed by atoms with Crippen LogP contribution in [0.5, 0.6) is 11.5 Å². The summed E-state index contributed by atoms with van der Waals surface area (Å²) in [4.78, 5) is 12.2. The van der Waals surface area contributed by atoms with Crippen molar-refractivity contribution < 1.29 is 14.3 Å². The first kappa shape index (κ1) is 18.1. The van der Waals surface area contributed by atoms with Gasteiger partial charge in [-0.2, -0.15) is 5.10 Å². The number of nitrogens with zero attached hydrogens (tertiary/aromatic N) is 2.